The Labute approximate surface area is 231 Å². The molecule has 5 aromatic rings. The molecule has 3 nitrogen and oxygen atoms in total. The van der Waals surface area contributed by atoms with Crippen molar-refractivity contribution in [2.75, 3.05) is 0 Å². The summed E-state index contributed by atoms with van der Waals surface area (Å²) in [4.78, 5) is 0. The topological polar surface area (TPSA) is 40.8 Å². The first-order valence-electron chi connectivity index (χ1n) is 14.8. The second-order valence-electron chi connectivity index (χ2n) is 11.3. The highest BCUT2D eigenvalue weighted by atomic mass is 28.3. The fraction of sp³-hybridized carbons (Fsp3) is 0.294. The van der Waals surface area contributed by atoms with E-state index in [2.05, 4.69) is 65.4 Å². The number of aryl methyl sites for hydroxylation is 3. The lowest BCUT2D eigenvalue weighted by atomic mass is 9.96. The molecule has 0 fully saturated rings. The molecule has 0 aliphatic carbocycles. The molecule has 0 bridgehead atoms. The molecule has 0 radical (unpaired) electrons. The van der Waals surface area contributed by atoms with E-state index in [1.165, 1.54) is 0 Å². The summed E-state index contributed by atoms with van der Waals surface area (Å²) in [6.45, 7) is 11.1. The Morgan fingerprint density at radius 1 is 0.895 bits per heavy atom. The van der Waals surface area contributed by atoms with E-state index in [0.717, 1.165) is 49.5 Å². The van der Waals surface area contributed by atoms with Crippen molar-refractivity contribution in [1.29, 1.82) is 5.26 Å². The summed E-state index contributed by atoms with van der Waals surface area (Å²) in [7, 11) is -0.325. The standard InChI is InChI=1S/C34H37N2OSi/c1-21(2)38(8,22(3)4)30-18-29(36(7)20-24(30)6)31-23(5)14-16-27-28-17-15-26(19-35)32(34(28)37-33(27)31)25-12-10-9-11-13-25/h9-18,20-22H,1-8H3/q+1/i6D3. The highest BCUT2D eigenvalue weighted by Crippen LogP contribution is 2.42. The van der Waals surface area contributed by atoms with Gasteiger partial charge >= 0.3 is 0 Å². The molecule has 2 aromatic heterocycles. The molecule has 0 N–H and O–H groups in total. The number of hydrogen-bond acceptors (Lipinski definition) is 2. The van der Waals surface area contributed by atoms with Crippen molar-refractivity contribution in [3.63, 3.8) is 0 Å². The van der Waals surface area contributed by atoms with Crippen molar-refractivity contribution in [3.05, 3.63) is 83.6 Å². The van der Waals surface area contributed by atoms with Crippen molar-refractivity contribution in [2.24, 2.45) is 7.05 Å². The van der Waals surface area contributed by atoms with E-state index in [-0.39, 0.29) is 0 Å². The van der Waals surface area contributed by atoms with Crippen molar-refractivity contribution >= 4 is 35.2 Å². The summed E-state index contributed by atoms with van der Waals surface area (Å²) in [6.07, 6.45) is 1.82. The summed E-state index contributed by atoms with van der Waals surface area (Å²) in [5, 5.41) is 12.9. The Morgan fingerprint density at radius 3 is 2.13 bits per heavy atom. The van der Waals surface area contributed by atoms with Gasteiger partial charge in [-0.15, -0.1) is 0 Å². The maximum Gasteiger partial charge on any atom is 0.216 e. The van der Waals surface area contributed by atoms with Gasteiger partial charge in [0.15, 0.2) is 6.20 Å². The molecule has 2 heterocycles. The summed E-state index contributed by atoms with van der Waals surface area (Å²) in [5.74, 6) is 0. The van der Waals surface area contributed by atoms with Crippen LogP contribution in [0.1, 0.15) is 48.5 Å². The molecular weight excluding hydrogens is 480 g/mol. The van der Waals surface area contributed by atoms with Crippen LogP contribution < -0.4 is 9.75 Å². The number of fused-ring (bicyclic) bond motifs is 3. The highest BCUT2D eigenvalue weighted by molar-refractivity contribution is 6.93. The van der Waals surface area contributed by atoms with Gasteiger partial charge in [0.2, 0.25) is 5.69 Å². The average molecular weight is 521 g/mol. The van der Waals surface area contributed by atoms with Crippen LogP contribution >= 0.6 is 0 Å². The zero-order valence-electron chi connectivity index (χ0n) is 26.3. The molecule has 38 heavy (non-hydrogen) atoms. The third-order valence-electron chi connectivity index (χ3n) is 8.71. The predicted molar refractivity (Wildman–Crippen MR) is 161 cm³/mol. The number of nitrogens with zero attached hydrogens (tertiary/aromatic N) is 2. The van der Waals surface area contributed by atoms with Crippen molar-refractivity contribution < 1.29 is 13.1 Å². The van der Waals surface area contributed by atoms with E-state index in [9.17, 15) is 5.26 Å². The van der Waals surface area contributed by atoms with Gasteiger partial charge in [-0.3, -0.25) is 0 Å². The van der Waals surface area contributed by atoms with E-state index in [1.54, 1.807) is 0 Å². The number of furan rings is 1. The average Bonchev–Trinajstić information content (AvgIpc) is 3.30. The van der Waals surface area contributed by atoms with Gasteiger partial charge in [0.1, 0.15) is 18.2 Å². The number of rotatable bonds is 5. The molecule has 192 valence electrons. The van der Waals surface area contributed by atoms with Crippen molar-refractivity contribution in [2.45, 2.75) is 59.1 Å². The van der Waals surface area contributed by atoms with Gasteiger partial charge in [-0.2, -0.15) is 5.26 Å². The molecule has 0 unspecified atom stereocenters. The van der Waals surface area contributed by atoms with E-state index >= 15 is 0 Å². The fourth-order valence-corrected chi connectivity index (χ4v) is 9.61. The third-order valence-corrected chi connectivity index (χ3v) is 15.1. The van der Waals surface area contributed by atoms with Gasteiger partial charge in [-0.1, -0.05) is 76.7 Å². The zero-order chi connectivity index (χ0) is 29.9. The minimum Gasteiger partial charge on any atom is -0.454 e. The lowest BCUT2D eigenvalue weighted by Gasteiger charge is -2.37. The Morgan fingerprint density at radius 2 is 1.53 bits per heavy atom. The monoisotopic (exact) mass is 520 g/mol. The Hall–Kier alpha value is -3.68. The van der Waals surface area contributed by atoms with E-state index in [1.807, 2.05) is 60.3 Å². The second-order valence-corrected chi connectivity index (χ2v) is 16.7. The first-order chi connectivity index (χ1) is 19.3. The van der Waals surface area contributed by atoms with Gasteiger partial charge < -0.3 is 4.42 Å². The Balaban J connectivity index is 1.90. The Kier molecular flexibility index (Phi) is 5.62. The first kappa shape index (κ1) is 22.3. The minimum absolute atomic E-state index is 0.352. The highest BCUT2D eigenvalue weighted by Gasteiger charge is 2.39. The molecule has 0 saturated heterocycles. The largest absolute Gasteiger partial charge is 0.454 e. The van der Waals surface area contributed by atoms with Crippen LogP contribution in [0.5, 0.6) is 0 Å². The quantitative estimate of drug-likeness (QED) is 0.173. The summed E-state index contributed by atoms with van der Waals surface area (Å²) >= 11 is 0. The van der Waals surface area contributed by atoms with Gasteiger partial charge in [0, 0.05) is 32.1 Å². The molecule has 0 aliphatic heterocycles. The van der Waals surface area contributed by atoms with E-state index in [0.29, 0.717) is 27.8 Å². The number of nitriles is 1. The van der Waals surface area contributed by atoms with Crippen LogP contribution in [0.2, 0.25) is 17.6 Å². The van der Waals surface area contributed by atoms with E-state index < -0.39 is 14.9 Å². The first-order valence-corrected chi connectivity index (χ1v) is 16.0. The second kappa shape index (κ2) is 9.56. The lowest BCUT2D eigenvalue weighted by molar-refractivity contribution is -0.660. The minimum atomic E-state index is -2.24. The van der Waals surface area contributed by atoms with Gasteiger partial charge in [0.25, 0.3) is 0 Å². The van der Waals surface area contributed by atoms with Gasteiger partial charge in [-0.05, 0) is 53.3 Å². The molecule has 0 atom stereocenters. The normalized spacial score (nSPS) is 13.6. The van der Waals surface area contributed by atoms with Crippen molar-refractivity contribution in [1.82, 2.24) is 0 Å². The summed E-state index contributed by atoms with van der Waals surface area (Å²) < 4.78 is 34.0. The molecule has 5 rings (SSSR count). The molecule has 0 amide bonds. The molecule has 0 saturated carbocycles. The summed E-state index contributed by atoms with van der Waals surface area (Å²) in [5.41, 5.74) is 7.76. The van der Waals surface area contributed by atoms with Gasteiger partial charge in [0.05, 0.1) is 25.3 Å². The molecule has 0 aliphatic rings. The summed E-state index contributed by atoms with van der Waals surface area (Å²) in [6, 6.07) is 22.4. The Bertz CT molecular complexity index is 1820. The lowest BCUT2D eigenvalue weighted by Crippen LogP contribution is -2.53. The number of benzene rings is 3. The molecular formula is C34H37N2OSi+. The number of pyridine rings is 1. The van der Waals surface area contributed by atoms with Crippen LogP contribution in [0.15, 0.2) is 71.3 Å². The van der Waals surface area contributed by atoms with E-state index in [4.69, 9.17) is 8.53 Å². The van der Waals surface area contributed by atoms with Crippen LogP contribution in [0.25, 0.3) is 44.3 Å². The third kappa shape index (κ3) is 3.89. The smallest absolute Gasteiger partial charge is 0.216 e. The van der Waals surface area contributed by atoms with Crippen LogP contribution in [0.3, 0.4) is 0 Å². The van der Waals surface area contributed by atoms with Crippen molar-refractivity contribution in [3.8, 4) is 28.5 Å². The predicted octanol–water partition coefficient (Wildman–Crippen LogP) is 8.34. The number of hydrogen-bond donors (Lipinski definition) is 0. The van der Waals surface area contributed by atoms with Gasteiger partial charge in [-0.25, -0.2) is 4.57 Å². The maximum absolute atomic E-state index is 9.98. The maximum atomic E-state index is 9.98. The van der Waals surface area contributed by atoms with Crippen LogP contribution in [0, 0.1) is 25.1 Å². The van der Waals surface area contributed by atoms with Crippen LogP contribution in [-0.4, -0.2) is 8.07 Å². The van der Waals surface area contributed by atoms with Crippen LogP contribution in [-0.2, 0) is 7.05 Å². The number of aromatic nitrogens is 1. The fourth-order valence-electron chi connectivity index (χ4n) is 5.94. The molecule has 0 spiro atoms. The molecule has 4 heteroatoms. The van der Waals surface area contributed by atoms with Crippen LogP contribution in [0.4, 0.5) is 0 Å². The zero-order valence-corrected chi connectivity index (χ0v) is 24.3. The molecule has 3 aromatic carbocycles. The SMILES string of the molecule is [2H]C([2H])([2H])c1c[n+](C)c(-c2c(C)ccc3c2oc2c(-c4ccccc4)c(C#N)ccc23)cc1[Si](C)(C(C)C)C(C)C.